The Labute approximate surface area is 107 Å². The predicted octanol–water partition coefficient (Wildman–Crippen LogP) is 2.08. The molecule has 7 heteroatoms. The molecule has 0 saturated heterocycles. The fraction of sp³-hybridized carbons (Fsp3) is 0.909. The number of carboxylic acids is 1. The second-order valence-electron chi connectivity index (χ2n) is 4.61. The lowest BCUT2D eigenvalue weighted by Gasteiger charge is -2.27. The number of aliphatic carboxylic acids is 1. The Balaban J connectivity index is 4.19. The highest BCUT2D eigenvalue weighted by atomic mass is 31.2. The van der Waals surface area contributed by atoms with Gasteiger partial charge in [0.25, 0.3) is 0 Å². The average molecular weight is 282 g/mol. The minimum absolute atomic E-state index is 0.185. The van der Waals surface area contributed by atoms with Crippen molar-refractivity contribution in [2.45, 2.75) is 63.6 Å². The highest BCUT2D eigenvalue weighted by Crippen LogP contribution is 2.53. The third-order valence-corrected chi connectivity index (χ3v) is 4.37. The van der Waals surface area contributed by atoms with E-state index in [-0.39, 0.29) is 6.42 Å². The van der Waals surface area contributed by atoms with E-state index in [1.165, 1.54) is 0 Å². The summed E-state index contributed by atoms with van der Waals surface area (Å²) < 4.78 is 11.1. The highest BCUT2D eigenvalue weighted by molar-refractivity contribution is 7.53. The standard InChI is InChI=1S/C11H23O6P/c1-2-3-4-5-6-7-8-11(14,9-10(12)13)18(15,16)17/h14H,2-9H2,1H3,(H,12,13)(H2,15,16,17). The first kappa shape index (κ1) is 17.6. The summed E-state index contributed by atoms with van der Waals surface area (Å²) in [6, 6.07) is 0. The fourth-order valence-electron chi connectivity index (χ4n) is 1.77. The molecule has 0 fully saturated rings. The molecule has 0 aromatic carbocycles. The van der Waals surface area contributed by atoms with Crippen LogP contribution < -0.4 is 0 Å². The molecule has 6 nitrogen and oxygen atoms in total. The van der Waals surface area contributed by atoms with Gasteiger partial charge in [-0.25, -0.2) is 0 Å². The van der Waals surface area contributed by atoms with Crippen molar-refractivity contribution in [3.05, 3.63) is 0 Å². The first-order chi connectivity index (χ1) is 8.23. The molecule has 0 aliphatic rings. The van der Waals surface area contributed by atoms with Crippen LogP contribution in [0.25, 0.3) is 0 Å². The number of carboxylic acid groups (broad SMARTS) is 1. The molecule has 0 aliphatic carbocycles. The molecule has 0 saturated carbocycles. The number of hydrogen-bond donors (Lipinski definition) is 4. The Morgan fingerprint density at radius 2 is 1.61 bits per heavy atom. The molecular weight excluding hydrogens is 259 g/mol. The summed E-state index contributed by atoms with van der Waals surface area (Å²) >= 11 is 0. The number of hydrogen-bond acceptors (Lipinski definition) is 3. The molecule has 0 bridgehead atoms. The number of aliphatic hydroxyl groups is 1. The molecule has 4 N–H and O–H groups in total. The van der Waals surface area contributed by atoms with Gasteiger partial charge in [-0.1, -0.05) is 39.0 Å². The maximum atomic E-state index is 11.1. The Morgan fingerprint density at radius 3 is 2.06 bits per heavy atom. The smallest absolute Gasteiger partial charge is 0.357 e. The highest BCUT2D eigenvalue weighted by Gasteiger charge is 2.46. The summed E-state index contributed by atoms with van der Waals surface area (Å²) in [5, 5.41) is 15.9. The lowest BCUT2D eigenvalue weighted by Crippen LogP contribution is -2.31. The third kappa shape index (κ3) is 6.50. The van der Waals surface area contributed by atoms with Gasteiger partial charge in [0.05, 0.1) is 6.42 Å². The van der Waals surface area contributed by atoms with Crippen LogP contribution in [0.4, 0.5) is 0 Å². The molecule has 0 aromatic rings. The molecule has 1 atom stereocenters. The molecule has 0 rings (SSSR count). The third-order valence-electron chi connectivity index (χ3n) is 2.91. The van der Waals surface area contributed by atoms with Gasteiger partial charge in [0.2, 0.25) is 0 Å². The summed E-state index contributed by atoms with van der Waals surface area (Å²) in [4.78, 5) is 28.6. The first-order valence-corrected chi connectivity index (χ1v) is 7.84. The van der Waals surface area contributed by atoms with Crippen molar-refractivity contribution in [3.63, 3.8) is 0 Å². The second kappa shape index (κ2) is 7.89. The average Bonchev–Trinajstić information content (AvgIpc) is 2.20. The van der Waals surface area contributed by atoms with Crippen molar-refractivity contribution in [1.82, 2.24) is 0 Å². The van der Waals surface area contributed by atoms with Crippen LogP contribution in [0.3, 0.4) is 0 Å². The lowest BCUT2D eigenvalue weighted by molar-refractivity contribution is -0.140. The van der Waals surface area contributed by atoms with E-state index >= 15 is 0 Å². The van der Waals surface area contributed by atoms with E-state index < -0.39 is 25.3 Å². The molecule has 0 heterocycles. The Hall–Kier alpha value is -0.420. The minimum Gasteiger partial charge on any atom is -0.481 e. The van der Waals surface area contributed by atoms with Crippen molar-refractivity contribution in [2.75, 3.05) is 0 Å². The number of carbonyl (C=O) groups is 1. The molecule has 1 unspecified atom stereocenters. The molecular formula is C11H23O6P. The largest absolute Gasteiger partial charge is 0.481 e. The number of unbranched alkanes of at least 4 members (excludes halogenated alkanes) is 5. The van der Waals surface area contributed by atoms with E-state index in [9.17, 15) is 14.5 Å². The molecule has 108 valence electrons. The first-order valence-electron chi connectivity index (χ1n) is 6.23. The van der Waals surface area contributed by atoms with Crippen LogP contribution in [-0.2, 0) is 9.36 Å². The quantitative estimate of drug-likeness (QED) is 0.360. The fourth-order valence-corrected chi connectivity index (χ4v) is 2.56. The van der Waals surface area contributed by atoms with E-state index in [1.54, 1.807) is 0 Å². The molecule has 18 heavy (non-hydrogen) atoms. The van der Waals surface area contributed by atoms with Crippen molar-refractivity contribution >= 4 is 13.6 Å². The Kier molecular flexibility index (Phi) is 7.71. The zero-order valence-corrected chi connectivity index (χ0v) is 11.6. The van der Waals surface area contributed by atoms with E-state index in [0.717, 1.165) is 32.1 Å². The summed E-state index contributed by atoms with van der Waals surface area (Å²) in [5.74, 6) is -1.41. The van der Waals surface area contributed by atoms with Crippen LogP contribution >= 0.6 is 7.60 Å². The zero-order valence-electron chi connectivity index (χ0n) is 10.7. The van der Waals surface area contributed by atoms with Gasteiger partial charge in [0.15, 0.2) is 5.34 Å². The van der Waals surface area contributed by atoms with E-state index in [0.29, 0.717) is 6.42 Å². The zero-order chi connectivity index (χ0) is 14.2. The van der Waals surface area contributed by atoms with Crippen LogP contribution in [0.15, 0.2) is 0 Å². The lowest BCUT2D eigenvalue weighted by atomic mass is 10.1. The van der Waals surface area contributed by atoms with Crippen molar-refractivity contribution < 1.29 is 29.4 Å². The van der Waals surface area contributed by atoms with Gasteiger partial charge < -0.3 is 20.0 Å². The molecule has 0 aromatic heterocycles. The van der Waals surface area contributed by atoms with Crippen LogP contribution in [0, 0.1) is 0 Å². The monoisotopic (exact) mass is 282 g/mol. The van der Waals surface area contributed by atoms with Gasteiger partial charge in [-0.2, -0.15) is 0 Å². The SMILES string of the molecule is CCCCCCCCC(O)(CC(=O)O)P(=O)(O)O. The predicted molar refractivity (Wildman–Crippen MR) is 67.2 cm³/mol. The van der Waals surface area contributed by atoms with Crippen LogP contribution in [0.1, 0.15) is 58.3 Å². The molecule has 0 radical (unpaired) electrons. The van der Waals surface area contributed by atoms with Gasteiger partial charge in [-0.3, -0.25) is 9.36 Å². The number of rotatable bonds is 10. The normalized spacial score (nSPS) is 15.3. The maximum absolute atomic E-state index is 11.1. The van der Waals surface area contributed by atoms with Crippen molar-refractivity contribution in [2.24, 2.45) is 0 Å². The van der Waals surface area contributed by atoms with Gasteiger partial charge in [-0.05, 0) is 12.8 Å². The summed E-state index contributed by atoms with van der Waals surface area (Å²) in [5.41, 5.74) is 0. The maximum Gasteiger partial charge on any atom is 0.357 e. The topological polar surface area (TPSA) is 115 Å². The van der Waals surface area contributed by atoms with E-state index in [4.69, 9.17) is 14.9 Å². The molecule has 0 spiro atoms. The van der Waals surface area contributed by atoms with Gasteiger partial charge >= 0.3 is 13.6 Å². The van der Waals surface area contributed by atoms with Crippen molar-refractivity contribution in [1.29, 1.82) is 0 Å². The summed E-state index contributed by atoms with van der Waals surface area (Å²) in [6.45, 7) is 2.08. The minimum atomic E-state index is -4.83. The second-order valence-corrected chi connectivity index (χ2v) is 6.54. The van der Waals surface area contributed by atoms with Crippen molar-refractivity contribution in [3.8, 4) is 0 Å². The summed E-state index contributed by atoms with van der Waals surface area (Å²) in [6.07, 6.45) is 4.23. The van der Waals surface area contributed by atoms with Crippen LogP contribution in [0.5, 0.6) is 0 Å². The van der Waals surface area contributed by atoms with E-state index in [2.05, 4.69) is 6.92 Å². The molecule has 0 amide bonds. The van der Waals surface area contributed by atoms with Gasteiger partial charge in [-0.15, -0.1) is 0 Å². The van der Waals surface area contributed by atoms with Gasteiger partial charge in [0, 0.05) is 0 Å². The molecule has 0 aliphatic heterocycles. The van der Waals surface area contributed by atoms with Crippen LogP contribution in [-0.4, -0.2) is 31.3 Å². The van der Waals surface area contributed by atoms with Gasteiger partial charge in [0.1, 0.15) is 0 Å². The van der Waals surface area contributed by atoms with Crippen LogP contribution in [0.2, 0.25) is 0 Å². The summed E-state index contributed by atoms with van der Waals surface area (Å²) in [7, 11) is -4.83. The Bertz CT molecular complexity index is 300. The Morgan fingerprint density at radius 1 is 1.11 bits per heavy atom. The van der Waals surface area contributed by atoms with E-state index in [1.807, 2.05) is 0 Å².